The van der Waals surface area contributed by atoms with Crippen LogP contribution in [0.25, 0.3) is 0 Å². The van der Waals surface area contributed by atoms with Gasteiger partial charge in [-0.05, 0) is 24.8 Å². The Hall–Kier alpha value is -0.800. The van der Waals surface area contributed by atoms with E-state index in [1.54, 1.807) is 6.07 Å². The average Bonchev–Trinajstić information content (AvgIpc) is 2.26. The Balaban J connectivity index is 2.72. The van der Waals surface area contributed by atoms with Crippen molar-refractivity contribution >= 4 is 28.9 Å². The molecule has 1 aromatic rings. The topological polar surface area (TPSA) is 43.1 Å². The van der Waals surface area contributed by atoms with Gasteiger partial charge in [-0.25, -0.2) is 0 Å². The van der Waals surface area contributed by atoms with Gasteiger partial charge in [0.1, 0.15) is 0 Å². The fourth-order valence-electron chi connectivity index (χ4n) is 1.37. The number of benzene rings is 1. The lowest BCUT2D eigenvalue weighted by Gasteiger charge is -2.07. The molecule has 0 bridgehead atoms. The molecular weight excluding hydrogens is 249 g/mol. The molecule has 0 aliphatic carbocycles. The van der Waals surface area contributed by atoms with Crippen LogP contribution in [0.15, 0.2) is 18.2 Å². The summed E-state index contributed by atoms with van der Waals surface area (Å²) in [7, 11) is 0. The number of hydrogen-bond donors (Lipinski definition) is 0. The summed E-state index contributed by atoms with van der Waals surface area (Å²) < 4.78 is 0. The van der Waals surface area contributed by atoms with Gasteiger partial charge >= 0.3 is 0 Å². The first kappa shape index (κ1) is 13.3. The number of alkyl halides is 1. The maximum Gasteiger partial charge on any atom is 0.270 e. The third-order valence-corrected chi connectivity index (χ3v) is 3.30. The van der Waals surface area contributed by atoms with E-state index in [-0.39, 0.29) is 11.1 Å². The highest BCUT2D eigenvalue weighted by Gasteiger charge is 2.10. The summed E-state index contributed by atoms with van der Waals surface area (Å²) >= 11 is 12.0. The molecule has 0 radical (unpaired) electrons. The zero-order valence-corrected chi connectivity index (χ0v) is 10.5. The maximum absolute atomic E-state index is 10.5. The summed E-state index contributed by atoms with van der Waals surface area (Å²) in [6, 6.07) is 4.54. The molecule has 1 atom stereocenters. The molecule has 0 saturated heterocycles. The van der Waals surface area contributed by atoms with Crippen LogP contribution in [0.1, 0.15) is 25.3 Å². The number of non-ortho nitro benzene ring substituents is 1. The van der Waals surface area contributed by atoms with E-state index in [1.165, 1.54) is 12.1 Å². The van der Waals surface area contributed by atoms with Crippen molar-refractivity contribution in [3.63, 3.8) is 0 Å². The minimum absolute atomic E-state index is 0.0201. The first-order valence-corrected chi connectivity index (χ1v) is 5.93. The quantitative estimate of drug-likeness (QED) is 0.453. The van der Waals surface area contributed by atoms with E-state index in [0.29, 0.717) is 5.02 Å². The summed E-state index contributed by atoms with van der Waals surface area (Å²) in [5, 5.41) is 11.1. The zero-order valence-electron chi connectivity index (χ0n) is 8.95. The van der Waals surface area contributed by atoms with Crippen LogP contribution in [0.5, 0.6) is 0 Å². The second-order valence-corrected chi connectivity index (χ2v) is 4.60. The SMILES string of the molecule is CCC(Cl)CCc1ccc([N+](=O)[O-])cc1Cl. The first-order chi connectivity index (χ1) is 7.54. The molecule has 0 N–H and O–H groups in total. The highest BCUT2D eigenvalue weighted by molar-refractivity contribution is 6.31. The average molecular weight is 262 g/mol. The minimum Gasteiger partial charge on any atom is -0.258 e. The third-order valence-electron chi connectivity index (χ3n) is 2.42. The Bertz CT molecular complexity index is 382. The molecular formula is C11H13Cl2NO2. The number of nitro benzene ring substituents is 1. The normalized spacial score (nSPS) is 12.4. The van der Waals surface area contributed by atoms with E-state index >= 15 is 0 Å². The Morgan fingerprint density at radius 3 is 2.69 bits per heavy atom. The highest BCUT2D eigenvalue weighted by Crippen LogP contribution is 2.24. The molecule has 0 aromatic heterocycles. The van der Waals surface area contributed by atoms with Crippen molar-refractivity contribution in [2.45, 2.75) is 31.6 Å². The molecule has 16 heavy (non-hydrogen) atoms. The molecule has 1 unspecified atom stereocenters. The van der Waals surface area contributed by atoms with Gasteiger partial charge in [0.05, 0.1) is 9.95 Å². The fraction of sp³-hybridized carbons (Fsp3) is 0.455. The van der Waals surface area contributed by atoms with Gasteiger partial charge in [-0.2, -0.15) is 0 Å². The molecule has 0 amide bonds. The fourth-order valence-corrected chi connectivity index (χ4v) is 1.75. The number of aryl methyl sites for hydroxylation is 1. The van der Waals surface area contributed by atoms with Gasteiger partial charge in [-0.3, -0.25) is 10.1 Å². The first-order valence-electron chi connectivity index (χ1n) is 5.11. The van der Waals surface area contributed by atoms with Crippen LogP contribution in [0.4, 0.5) is 5.69 Å². The second kappa shape index (κ2) is 6.06. The number of nitrogens with zero attached hydrogens (tertiary/aromatic N) is 1. The Labute approximate surface area is 105 Å². The van der Waals surface area contributed by atoms with E-state index in [9.17, 15) is 10.1 Å². The number of hydrogen-bond acceptors (Lipinski definition) is 2. The molecule has 3 nitrogen and oxygen atoms in total. The van der Waals surface area contributed by atoms with E-state index in [4.69, 9.17) is 23.2 Å². The summed E-state index contributed by atoms with van der Waals surface area (Å²) in [5.74, 6) is 0. The van der Waals surface area contributed by atoms with Gasteiger partial charge < -0.3 is 0 Å². The molecule has 0 fully saturated rings. The number of nitro groups is 1. The van der Waals surface area contributed by atoms with Crippen molar-refractivity contribution in [1.82, 2.24) is 0 Å². The lowest BCUT2D eigenvalue weighted by molar-refractivity contribution is -0.384. The van der Waals surface area contributed by atoms with E-state index in [1.807, 2.05) is 6.92 Å². The summed E-state index contributed by atoms with van der Waals surface area (Å²) in [5.41, 5.74) is 0.929. The van der Waals surface area contributed by atoms with Crippen LogP contribution < -0.4 is 0 Å². The Morgan fingerprint density at radius 1 is 1.50 bits per heavy atom. The van der Waals surface area contributed by atoms with E-state index in [2.05, 4.69) is 0 Å². The lowest BCUT2D eigenvalue weighted by Crippen LogP contribution is -1.99. The smallest absolute Gasteiger partial charge is 0.258 e. The van der Waals surface area contributed by atoms with Crippen LogP contribution in [-0.4, -0.2) is 10.3 Å². The molecule has 1 rings (SSSR count). The molecule has 0 aliphatic rings. The van der Waals surface area contributed by atoms with Crippen LogP contribution in [0.2, 0.25) is 5.02 Å². The summed E-state index contributed by atoms with van der Waals surface area (Å²) in [6.07, 6.45) is 2.49. The van der Waals surface area contributed by atoms with Crippen molar-refractivity contribution in [3.05, 3.63) is 38.9 Å². The molecule has 0 aliphatic heterocycles. The van der Waals surface area contributed by atoms with Crippen LogP contribution in [0, 0.1) is 10.1 Å². The Morgan fingerprint density at radius 2 is 2.19 bits per heavy atom. The number of halogens is 2. The van der Waals surface area contributed by atoms with Gasteiger partial charge in [0.25, 0.3) is 5.69 Å². The highest BCUT2D eigenvalue weighted by atomic mass is 35.5. The Kier molecular flexibility index (Phi) is 5.03. The van der Waals surface area contributed by atoms with Crippen molar-refractivity contribution < 1.29 is 4.92 Å². The molecule has 88 valence electrons. The molecule has 0 heterocycles. The molecule has 0 saturated carbocycles. The predicted octanol–water partition coefficient (Wildman–Crippen LogP) is 4.20. The van der Waals surface area contributed by atoms with Crippen LogP contribution in [0.3, 0.4) is 0 Å². The van der Waals surface area contributed by atoms with Crippen LogP contribution in [-0.2, 0) is 6.42 Å². The van der Waals surface area contributed by atoms with Crippen molar-refractivity contribution in [2.24, 2.45) is 0 Å². The van der Waals surface area contributed by atoms with Crippen molar-refractivity contribution in [1.29, 1.82) is 0 Å². The van der Waals surface area contributed by atoms with Crippen molar-refractivity contribution in [2.75, 3.05) is 0 Å². The van der Waals surface area contributed by atoms with Gasteiger partial charge in [0, 0.05) is 17.5 Å². The molecule has 0 spiro atoms. The largest absolute Gasteiger partial charge is 0.270 e. The van der Waals surface area contributed by atoms with Gasteiger partial charge in [-0.15, -0.1) is 11.6 Å². The van der Waals surface area contributed by atoms with Gasteiger partial charge in [-0.1, -0.05) is 24.6 Å². The van der Waals surface area contributed by atoms with Crippen molar-refractivity contribution in [3.8, 4) is 0 Å². The van der Waals surface area contributed by atoms with Gasteiger partial charge in [0.2, 0.25) is 0 Å². The van der Waals surface area contributed by atoms with E-state index in [0.717, 1.165) is 24.8 Å². The standard InChI is InChI=1S/C11H13Cl2NO2/c1-2-9(12)5-3-8-4-6-10(14(15)16)7-11(8)13/h4,6-7,9H,2-3,5H2,1H3. The van der Waals surface area contributed by atoms with Gasteiger partial charge in [0.15, 0.2) is 0 Å². The molecule has 1 aromatic carbocycles. The monoisotopic (exact) mass is 261 g/mol. The maximum atomic E-state index is 10.5. The lowest BCUT2D eigenvalue weighted by atomic mass is 10.1. The van der Waals surface area contributed by atoms with E-state index < -0.39 is 4.92 Å². The second-order valence-electron chi connectivity index (χ2n) is 3.58. The summed E-state index contributed by atoms with van der Waals surface area (Å²) in [6.45, 7) is 2.02. The molecule has 5 heteroatoms. The predicted molar refractivity (Wildman–Crippen MR) is 66.4 cm³/mol. The zero-order chi connectivity index (χ0) is 12.1. The van der Waals surface area contributed by atoms with Crippen LogP contribution >= 0.6 is 23.2 Å². The third kappa shape index (κ3) is 3.65. The minimum atomic E-state index is -0.452. The summed E-state index contributed by atoms with van der Waals surface area (Å²) in [4.78, 5) is 10.1. The number of rotatable bonds is 5.